The van der Waals surface area contributed by atoms with E-state index in [4.69, 9.17) is 0 Å². The van der Waals surface area contributed by atoms with Crippen molar-refractivity contribution in [3.63, 3.8) is 0 Å². The third kappa shape index (κ3) is 1.79. The molecule has 0 aromatic carbocycles. The molecule has 2 heterocycles. The van der Waals surface area contributed by atoms with Crippen LogP contribution < -0.4 is 5.56 Å². The highest BCUT2D eigenvalue weighted by molar-refractivity contribution is 7.98. The SMILES string of the molecule is O=c1[nH]c(C2CCCCC2)nc2c1CSC2. The number of fused-ring (bicyclic) bond motifs is 1. The van der Waals surface area contributed by atoms with Crippen molar-refractivity contribution >= 4 is 11.8 Å². The molecule has 0 bridgehead atoms. The Labute approximate surface area is 99.1 Å². The van der Waals surface area contributed by atoms with E-state index in [0.29, 0.717) is 5.92 Å². The van der Waals surface area contributed by atoms with Gasteiger partial charge in [0.05, 0.1) is 5.69 Å². The Kier molecular flexibility index (Phi) is 2.75. The molecule has 1 aromatic rings. The maximum atomic E-state index is 11.9. The van der Waals surface area contributed by atoms with E-state index in [0.717, 1.165) is 28.6 Å². The van der Waals surface area contributed by atoms with Gasteiger partial charge in [0, 0.05) is 23.0 Å². The van der Waals surface area contributed by atoms with E-state index >= 15 is 0 Å². The van der Waals surface area contributed by atoms with Crippen molar-refractivity contribution < 1.29 is 0 Å². The molecule has 3 nitrogen and oxygen atoms in total. The first kappa shape index (κ1) is 10.4. The van der Waals surface area contributed by atoms with Gasteiger partial charge in [0.25, 0.3) is 5.56 Å². The Morgan fingerprint density at radius 1 is 1.19 bits per heavy atom. The van der Waals surface area contributed by atoms with Gasteiger partial charge in [-0.25, -0.2) is 4.98 Å². The van der Waals surface area contributed by atoms with Crippen molar-refractivity contribution in [2.45, 2.75) is 49.5 Å². The molecule has 0 spiro atoms. The summed E-state index contributed by atoms with van der Waals surface area (Å²) in [7, 11) is 0. The number of hydrogen-bond donors (Lipinski definition) is 1. The van der Waals surface area contributed by atoms with Gasteiger partial charge in [0.15, 0.2) is 0 Å². The van der Waals surface area contributed by atoms with Crippen LogP contribution in [0.15, 0.2) is 4.79 Å². The van der Waals surface area contributed by atoms with Crippen molar-refractivity contribution in [3.8, 4) is 0 Å². The highest BCUT2D eigenvalue weighted by Gasteiger charge is 2.22. The minimum absolute atomic E-state index is 0.107. The summed E-state index contributed by atoms with van der Waals surface area (Å²) in [6.07, 6.45) is 6.27. The van der Waals surface area contributed by atoms with Crippen molar-refractivity contribution in [2.75, 3.05) is 0 Å². The zero-order chi connectivity index (χ0) is 11.0. The van der Waals surface area contributed by atoms with Crippen LogP contribution >= 0.6 is 11.8 Å². The molecule has 86 valence electrons. The molecule has 1 aromatic heterocycles. The zero-order valence-electron chi connectivity index (χ0n) is 9.29. The lowest BCUT2D eigenvalue weighted by Gasteiger charge is -2.20. The number of aromatic nitrogens is 2. The van der Waals surface area contributed by atoms with E-state index < -0.39 is 0 Å². The molecule has 0 radical (unpaired) electrons. The van der Waals surface area contributed by atoms with Crippen molar-refractivity contribution in [1.82, 2.24) is 9.97 Å². The van der Waals surface area contributed by atoms with Crippen LogP contribution in [0.1, 0.15) is 55.1 Å². The normalized spacial score (nSPS) is 21.0. The van der Waals surface area contributed by atoms with Gasteiger partial charge in [-0.1, -0.05) is 19.3 Å². The summed E-state index contributed by atoms with van der Waals surface area (Å²) in [5.41, 5.74) is 2.05. The number of nitrogens with zero attached hydrogens (tertiary/aromatic N) is 1. The maximum absolute atomic E-state index is 11.9. The predicted octanol–water partition coefficient (Wildman–Crippen LogP) is 2.56. The lowest BCUT2D eigenvalue weighted by Crippen LogP contribution is -2.20. The van der Waals surface area contributed by atoms with Gasteiger partial charge in [0.1, 0.15) is 5.82 Å². The summed E-state index contributed by atoms with van der Waals surface area (Å²) in [6.45, 7) is 0. The number of thioether (sulfide) groups is 1. The van der Waals surface area contributed by atoms with Gasteiger partial charge in [-0.05, 0) is 12.8 Å². The highest BCUT2D eigenvalue weighted by Crippen LogP contribution is 2.32. The van der Waals surface area contributed by atoms with Gasteiger partial charge in [-0.2, -0.15) is 11.8 Å². The second kappa shape index (κ2) is 4.24. The molecule has 0 unspecified atom stereocenters. The quantitative estimate of drug-likeness (QED) is 0.815. The number of H-pyrrole nitrogens is 1. The monoisotopic (exact) mass is 236 g/mol. The van der Waals surface area contributed by atoms with Crippen LogP contribution in [0.4, 0.5) is 0 Å². The van der Waals surface area contributed by atoms with E-state index in [1.54, 1.807) is 11.8 Å². The number of hydrogen-bond acceptors (Lipinski definition) is 3. The van der Waals surface area contributed by atoms with Crippen molar-refractivity contribution in [1.29, 1.82) is 0 Å². The third-order valence-electron chi connectivity index (χ3n) is 3.60. The molecule has 3 rings (SSSR count). The standard InChI is InChI=1S/C12H16N2OS/c15-12-9-6-16-7-10(9)13-11(14-12)8-4-2-1-3-5-8/h8H,1-7H2,(H,13,14,15). The first-order chi connectivity index (χ1) is 7.84. The molecule has 1 aliphatic heterocycles. The van der Waals surface area contributed by atoms with Crippen molar-refractivity contribution in [3.05, 3.63) is 27.4 Å². The average molecular weight is 236 g/mol. The summed E-state index contributed by atoms with van der Waals surface area (Å²) in [6, 6.07) is 0. The van der Waals surface area contributed by atoms with Crippen LogP contribution in [0.2, 0.25) is 0 Å². The van der Waals surface area contributed by atoms with Crippen LogP contribution in [-0.2, 0) is 11.5 Å². The third-order valence-corrected chi connectivity index (χ3v) is 4.57. The molecule has 2 aliphatic rings. The summed E-state index contributed by atoms with van der Waals surface area (Å²) in [5.74, 6) is 3.20. The van der Waals surface area contributed by atoms with Crippen LogP contribution in [0.25, 0.3) is 0 Å². The van der Waals surface area contributed by atoms with Gasteiger partial charge >= 0.3 is 0 Å². The van der Waals surface area contributed by atoms with Gasteiger partial charge in [0.2, 0.25) is 0 Å². The van der Waals surface area contributed by atoms with Crippen LogP contribution in [0.5, 0.6) is 0 Å². The summed E-state index contributed by atoms with van der Waals surface area (Å²) < 4.78 is 0. The molecule has 4 heteroatoms. The predicted molar refractivity (Wildman–Crippen MR) is 65.7 cm³/mol. The Bertz CT molecular complexity index is 449. The van der Waals surface area contributed by atoms with E-state index in [9.17, 15) is 4.79 Å². The van der Waals surface area contributed by atoms with Crippen LogP contribution in [0.3, 0.4) is 0 Å². The van der Waals surface area contributed by atoms with Crippen LogP contribution in [0, 0.1) is 0 Å². The zero-order valence-corrected chi connectivity index (χ0v) is 10.1. The average Bonchev–Trinajstić information content (AvgIpc) is 2.79. The first-order valence-electron chi connectivity index (χ1n) is 6.04. The fourth-order valence-electron chi connectivity index (χ4n) is 2.65. The first-order valence-corrected chi connectivity index (χ1v) is 7.20. The molecule has 0 amide bonds. The molecule has 1 aliphatic carbocycles. The Morgan fingerprint density at radius 3 is 2.81 bits per heavy atom. The Hall–Kier alpha value is -0.770. The number of aromatic amines is 1. The Morgan fingerprint density at radius 2 is 2.00 bits per heavy atom. The van der Waals surface area contributed by atoms with E-state index in [2.05, 4.69) is 9.97 Å². The minimum atomic E-state index is 0.107. The van der Waals surface area contributed by atoms with Gasteiger partial charge in [-0.15, -0.1) is 0 Å². The summed E-state index contributed by atoms with van der Waals surface area (Å²) in [4.78, 5) is 19.5. The topological polar surface area (TPSA) is 45.8 Å². The highest BCUT2D eigenvalue weighted by atomic mass is 32.2. The molecular weight excluding hydrogens is 220 g/mol. The second-order valence-electron chi connectivity index (χ2n) is 4.70. The molecule has 1 N–H and O–H groups in total. The molecule has 1 saturated carbocycles. The van der Waals surface area contributed by atoms with E-state index in [1.807, 2.05) is 0 Å². The summed E-state index contributed by atoms with van der Waals surface area (Å²) in [5, 5.41) is 0. The molecule has 1 fully saturated rings. The molecule has 0 saturated heterocycles. The number of nitrogens with one attached hydrogen (secondary N) is 1. The second-order valence-corrected chi connectivity index (χ2v) is 5.69. The van der Waals surface area contributed by atoms with E-state index in [1.165, 1.54) is 32.1 Å². The molecular formula is C12H16N2OS. The lowest BCUT2D eigenvalue weighted by atomic mass is 9.88. The molecule has 0 atom stereocenters. The maximum Gasteiger partial charge on any atom is 0.255 e. The van der Waals surface area contributed by atoms with Crippen molar-refractivity contribution in [2.24, 2.45) is 0 Å². The smallest absolute Gasteiger partial charge is 0.255 e. The minimum Gasteiger partial charge on any atom is -0.310 e. The number of rotatable bonds is 1. The van der Waals surface area contributed by atoms with Gasteiger partial charge in [-0.3, -0.25) is 4.79 Å². The summed E-state index contributed by atoms with van der Waals surface area (Å²) >= 11 is 1.79. The Balaban J connectivity index is 1.96. The fraction of sp³-hybridized carbons (Fsp3) is 0.667. The van der Waals surface area contributed by atoms with Gasteiger partial charge < -0.3 is 4.98 Å². The lowest BCUT2D eigenvalue weighted by molar-refractivity contribution is 0.427. The fourth-order valence-corrected chi connectivity index (χ4v) is 3.69. The molecule has 16 heavy (non-hydrogen) atoms. The van der Waals surface area contributed by atoms with Crippen LogP contribution in [-0.4, -0.2) is 9.97 Å². The largest absolute Gasteiger partial charge is 0.310 e. The van der Waals surface area contributed by atoms with E-state index in [-0.39, 0.29) is 5.56 Å².